The van der Waals surface area contributed by atoms with Crippen molar-refractivity contribution in [2.75, 3.05) is 13.6 Å². The molecule has 0 aliphatic rings. The number of rotatable bonds is 5. The molecule has 0 aliphatic carbocycles. The van der Waals surface area contributed by atoms with Crippen LogP contribution in [0.5, 0.6) is 0 Å². The molecule has 1 heterocycles. The molecule has 0 saturated carbocycles. The second-order valence-electron chi connectivity index (χ2n) is 3.76. The van der Waals surface area contributed by atoms with Gasteiger partial charge in [-0.1, -0.05) is 0 Å². The largest absolute Gasteiger partial charge is 0.478 e. The summed E-state index contributed by atoms with van der Waals surface area (Å²) >= 11 is 1.30. The maximum Gasteiger partial charge on any atom is 0.401 e. The fourth-order valence-corrected chi connectivity index (χ4v) is 2.34. The highest BCUT2D eigenvalue weighted by atomic mass is 32.1. The molecule has 1 aromatic heterocycles. The number of hydrogen-bond donors (Lipinski definition) is 1. The predicted octanol–water partition coefficient (Wildman–Crippen LogP) is 2.84. The molecule has 0 atom stereocenters. The number of thiophene rings is 1. The number of halogens is 3. The number of carbonyl (C=O) groups is 1. The molecule has 0 aliphatic heterocycles. The first-order chi connectivity index (χ1) is 8.28. The van der Waals surface area contributed by atoms with E-state index in [2.05, 4.69) is 0 Å². The predicted molar refractivity (Wildman–Crippen MR) is 63.4 cm³/mol. The average Bonchev–Trinajstić information content (AvgIpc) is 2.59. The molecule has 0 radical (unpaired) electrons. The second kappa shape index (κ2) is 6.01. The van der Waals surface area contributed by atoms with E-state index in [1.807, 2.05) is 0 Å². The average molecular weight is 279 g/mol. The van der Waals surface area contributed by atoms with Gasteiger partial charge in [-0.05, 0) is 30.1 Å². The fourth-order valence-electron chi connectivity index (χ4n) is 1.40. The van der Waals surface area contributed by atoms with Gasteiger partial charge in [0.1, 0.15) is 0 Å². The lowest BCUT2D eigenvalue weighted by atomic mass is 10.2. The molecular weight excluding hydrogens is 267 g/mol. The zero-order valence-corrected chi connectivity index (χ0v) is 10.4. The van der Waals surface area contributed by atoms with Crippen molar-refractivity contribution in [3.8, 4) is 0 Å². The van der Waals surface area contributed by atoms with Crippen molar-refractivity contribution in [3.05, 3.63) is 28.0 Å². The summed E-state index contributed by atoms with van der Waals surface area (Å²) in [5.41, 5.74) is 0.636. The normalized spacial score (nSPS) is 12.5. The van der Waals surface area contributed by atoms with Crippen LogP contribution in [0.25, 0.3) is 6.08 Å². The molecule has 7 heteroatoms. The summed E-state index contributed by atoms with van der Waals surface area (Å²) in [6.45, 7) is -0.858. The number of alkyl halides is 3. The molecule has 1 N–H and O–H groups in total. The van der Waals surface area contributed by atoms with Crippen LogP contribution in [0.3, 0.4) is 0 Å². The van der Waals surface area contributed by atoms with Crippen LogP contribution in [0.4, 0.5) is 13.2 Å². The third-order valence-corrected chi connectivity index (χ3v) is 2.97. The van der Waals surface area contributed by atoms with E-state index in [0.717, 1.165) is 11.0 Å². The Morgan fingerprint density at radius 1 is 1.56 bits per heavy atom. The summed E-state index contributed by atoms with van der Waals surface area (Å²) in [6.07, 6.45) is -1.88. The lowest BCUT2D eigenvalue weighted by Gasteiger charge is -2.18. The van der Waals surface area contributed by atoms with Crippen molar-refractivity contribution in [2.24, 2.45) is 0 Å². The Morgan fingerprint density at radius 2 is 2.22 bits per heavy atom. The summed E-state index contributed by atoms with van der Waals surface area (Å²) in [7, 11) is 1.37. The molecule has 3 nitrogen and oxygen atoms in total. The van der Waals surface area contributed by atoms with Crippen molar-refractivity contribution >= 4 is 23.4 Å². The second-order valence-corrected chi connectivity index (χ2v) is 4.76. The number of hydrogen-bond acceptors (Lipinski definition) is 3. The molecule has 0 bridgehead atoms. The fraction of sp³-hybridized carbons (Fsp3) is 0.364. The van der Waals surface area contributed by atoms with E-state index in [0.29, 0.717) is 10.4 Å². The Bertz CT molecular complexity index is 440. The van der Waals surface area contributed by atoms with Gasteiger partial charge in [-0.2, -0.15) is 13.2 Å². The van der Waals surface area contributed by atoms with Gasteiger partial charge in [-0.25, -0.2) is 4.79 Å². The van der Waals surface area contributed by atoms with Gasteiger partial charge in [-0.3, -0.25) is 4.90 Å². The van der Waals surface area contributed by atoms with Gasteiger partial charge in [-0.15, -0.1) is 11.3 Å². The van der Waals surface area contributed by atoms with Crippen LogP contribution in [0, 0.1) is 0 Å². The van der Waals surface area contributed by atoms with E-state index in [-0.39, 0.29) is 6.54 Å². The van der Waals surface area contributed by atoms with Crippen molar-refractivity contribution in [2.45, 2.75) is 12.7 Å². The van der Waals surface area contributed by atoms with Crippen LogP contribution in [0.2, 0.25) is 0 Å². The minimum absolute atomic E-state index is 0.135. The Kier molecular flexibility index (Phi) is 4.92. The lowest BCUT2D eigenvalue weighted by molar-refractivity contribution is -0.144. The Labute approximate surface area is 106 Å². The maximum atomic E-state index is 12.2. The van der Waals surface area contributed by atoms with Crippen molar-refractivity contribution < 1.29 is 23.1 Å². The van der Waals surface area contributed by atoms with Crippen molar-refractivity contribution in [1.29, 1.82) is 0 Å². The summed E-state index contributed by atoms with van der Waals surface area (Å²) in [4.78, 5) is 12.2. The first-order valence-corrected chi connectivity index (χ1v) is 5.88. The quantitative estimate of drug-likeness (QED) is 0.843. The number of nitrogens with zero attached hydrogens (tertiary/aromatic N) is 1. The standard InChI is InChI=1S/C11H12F3NO2S/c1-15(7-11(12,13)14)6-9-8(4-5-18-9)2-3-10(16)17/h2-5H,6-7H2,1H3,(H,16,17)/b3-2+. The molecule has 1 rings (SSSR count). The van der Waals surface area contributed by atoms with Gasteiger partial charge in [0.25, 0.3) is 0 Å². The molecule has 100 valence electrons. The van der Waals surface area contributed by atoms with E-state index in [1.165, 1.54) is 24.5 Å². The summed E-state index contributed by atoms with van der Waals surface area (Å²) < 4.78 is 36.5. The molecular formula is C11H12F3NO2S. The number of aliphatic carboxylic acids is 1. The highest BCUT2D eigenvalue weighted by Gasteiger charge is 2.29. The molecule has 1 aromatic rings. The molecule has 0 aromatic carbocycles. The first kappa shape index (κ1) is 14.7. The SMILES string of the molecule is CN(Cc1sccc1/C=C/C(=O)O)CC(F)(F)F. The number of carboxylic acids is 1. The molecule has 0 amide bonds. The smallest absolute Gasteiger partial charge is 0.401 e. The summed E-state index contributed by atoms with van der Waals surface area (Å²) in [5.74, 6) is -1.09. The van der Waals surface area contributed by atoms with Crippen LogP contribution in [0.1, 0.15) is 10.4 Å². The van der Waals surface area contributed by atoms with Crippen LogP contribution in [-0.4, -0.2) is 35.7 Å². The van der Waals surface area contributed by atoms with Crippen molar-refractivity contribution in [3.63, 3.8) is 0 Å². The van der Waals surface area contributed by atoms with Gasteiger partial charge < -0.3 is 5.11 Å². The van der Waals surface area contributed by atoms with Crippen LogP contribution in [-0.2, 0) is 11.3 Å². The van der Waals surface area contributed by atoms with E-state index in [4.69, 9.17) is 5.11 Å². The molecule has 0 saturated heterocycles. The molecule has 0 unspecified atom stereocenters. The Balaban J connectivity index is 2.68. The van der Waals surface area contributed by atoms with Gasteiger partial charge in [0.2, 0.25) is 0 Å². The first-order valence-electron chi connectivity index (χ1n) is 5.00. The minimum atomic E-state index is -4.23. The van der Waals surface area contributed by atoms with E-state index < -0.39 is 18.7 Å². The van der Waals surface area contributed by atoms with E-state index >= 15 is 0 Å². The monoisotopic (exact) mass is 279 g/mol. The molecule has 0 spiro atoms. The van der Waals surface area contributed by atoms with Crippen LogP contribution < -0.4 is 0 Å². The summed E-state index contributed by atoms with van der Waals surface area (Å²) in [6, 6.07) is 1.68. The van der Waals surface area contributed by atoms with Crippen molar-refractivity contribution in [1.82, 2.24) is 4.90 Å². The van der Waals surface area contributed by atoms with Gasteiger partial charge >= 0.3 is 12.1 Å². The van der Waals surface area contributed by atoms with E-state index in [9.17, 15) is 18.0 Å². The van der Waals surface area contributed by atoms with Crippen LogP contribution >= 0.6 is 11.3 Å². The molecule has 0 fully saturated rings. The van der Waals surface area contributed by atoms with Gasteiger partial charge in [0.05, 0.1) is 6.54 Å². The van der Waals surface area contributed by atoms with Gasteiger partial charge in [0.15, 0.2) is 0 Å². The highest BCUT2D eigenvalue weighted by Crippen LogP contribution is 2.22. The highest BCUT2D eigenvalue weighted by molar-refractivity contribution is 7.10. The summed E-state index contributed by atoms with van der Waals surface area (Å²) in [5, 5.41) is 10.2. The minimum Gasteiger partial charge on any atom is -0.478 e. The maximum absolute atomic E-state index is 12.2. The van der Waals surface area contributed by atoms with Crippen LogP contribution in [0.15, 0.2) is 17.5 Å². The Hall–Kier alpha value is -1.34. The third kappa shape index (κ3) is 5.33. The van der Waals surface area contributed by atoms with Gasteiger partial charge in [0, 0.05) is 17.5 Å². The third-order valence-electron chi connectivity index (χ3n) is 2.05. The van der Waals surface area contributed by atoms with E-state index in [1.54, 1.807) is 11.4 Å². The zero-order valence-electron chi connectivity index (χ0n) is 9.57. The molecule has 18 heavy (non-hydrogen) atoms. The Morgan fingerprint density at radius 3 is 2.78 bits per heavy atom. The topological polar surface area (TPSA) is 40.5 Å². The lowest BCUT2D eigenvalue weighted by Crippen LogP contribution is -2.30. The number of carboxylic acid groups (broad SMARTS) is 1. The zero-order chi connectivity index (χ0) is 13.8.